The topological polar surface area (TPSA) is 53.1 Å². The first-order chi connectivity index (χ1) is 7.00. The molecule has 0 aliphatic rings. The number of rotatable bonds is 3. The molecule has 0 aromatic carbocycles. The maximum Gasteiger partial charge on any atom is 0.316 e. The van der Waals surface area contributed by atoms with Gasteiger partial charge >= 0.3 is 6.03 Å². The molecule has 0 saturated carbocycles. The second-order valence-electron chi connectivity index (χ2n) is 3.56. The Balaban J connectivity index is 2.42. The molecule has 6 heteroatoms. The van der Waals surface area contributed by atoms with Gasteiger partial charge in [0.15, 0.2) is 4.77 Å². The molecule has 0 unspecified atom stereocenters. The number of carbonyl (C=O) groups excluding carboxylic acids is 1. The summed E-state index contributed by atoms with van der Waals surface area (Å²) < 4.78 is 2.59. The highest BCUT2D eigenvalue weighted by atomic mass is 32.1. The zero-order chi connectivity index (χ0) is 11.4. The Labute approximate surface area is 94.1 Å². The third kappa shape index (κ3) is 3.39. The number of hydrogen-bond donors (Lipinski definition) is 2. The third-order valence-electron chi connectivity index (χ3n) is 1.95. The molecule has 84 valence electrons. The van der Waals surface area contributed by atoms with Crippen molar-refractivity contribution in [3.05, 3.63) is 16.7 Å². The Morgan fingerprint density at radius 1 is 1.67 bits per heavy atom. The van der Waals surface area contributed by atoms with Crippen LogP contribution in [0.4, 0.5) is 4.79 Å². The largest absolute Gasteiger partial charge is 0.336 e. The van der Waals surface area contributed by atoms with Crippen LogP contribution in [-0.4, -0.2) is 41.1 Å². The molecule has 2 amide bonds. The number of aryl methyl sites for hydroxylation is 1. The van der Waals surface area contributed by atoms with Crippen LogP contribution in [0.1, 0.15) is 5.69 Å². The Morgan fingerprint density at radius 2 is 2.33 bits per heavy atom. The van der Waals surface area contributed by atoms with E-state index < -0.39 is 0 Å². The average Bonchev–Trinajstić information content (AvgIpc) is 2.45. The molecule has 0 aliphatic heterocycles. The number of aromatic amines is 1. The summed E-state index contributed by atoms with van der Waals surface area (Å²) in [6.07, 6.45) is 1.93. The van der Waals surface area contributed by atoms with E-state index in [1.807, 2.05) is 17.7 Å². The zero-order valence-electron chi connectivity index (χ0n) is 9.20. The van der Waals surface area contributed by atoms with Gasteiger partial charge in [0.1, 0.15) is 0 Å². The van der Waals surface area contributed by atoms with Gasteiger partial charge in [-0.05, 0) is 19.1 Å². The molecule has 1 aromatic rings. The number of nitrogens with one attached hydrogen (secondary N) is 2. The lowest BCUT2D eigenvalue weighted by molar-refractivity contribution is 0.217. The predicted molar refractivity (Wildman–Crippen MR) is 61.4 cm³/mol. The average molecular weight is 228 g/mol. The summed E-state index contributed by atoms with van der Waals surface area (Å²) in [7, 11) is 3.42. The number of urea groups is 1. The first-order valence-electron chi connectivity index (χ1n) is 4.72. The van der Waals surface area contributed by atoms with E-state index >= 15 is 0 Å². The van der Waals surface area contributed by atoms with Gasteiger partial charge in [0.05, 0.1) is 0 Å². The van der Waals surface area contributed by atoms with Crippen LogP contribution in [0.5, 0.6) is 0 Å². The minimum absolute atomic E-state index is 0.0891. The number of H-pyrrole nitrogens is 1. The molecular weight excluding hydrogens is 212 g/mol. The fourth-order valence-electron chi connectivity index (χ4n) is 1.17. The van der Waals surface area contributed by atoms with Crippen molar-refractivity contribution in [2.45, 2.75) is 13.5 Å². The van der Waals surface area contributed by atoms with Crippen LogP contribution in [0, 0.1) is 11.7 Å². The third-order valence-corrected chi connectivity index (χ3v) is 2.29. The summed E-state index contributed by atoms with van der Waals surface area (Å²) in [4.78, 5) is 15.7. The highest BCUT2D eigenvalue weighted by molar-refractivity contribution is 7.71. The van der Waals surface area contributed by atoms with E-state index in [0.29, 0.717) is 17.9 Å². The fourth-order valence-corrected chi connectivity index (χ4v) is 1.48. The number of aromatic nitrogens is 2. The number of amides is 2. The molecule has 0 spiro atoms. The molecule has 0 fully saturated rings. The van der Waals surface area contributed by atoms with Crippen LogP contribution in [0.2, 0.25) is 0 Å². The SMILES string of the molecule is Cc1cn(CCNC(=O)N(C)C)c(=S)[nH]1. The minimum Gasteiger partial charge on any atom is -0.336 e. The van der Waals surface area contributed by atoms with Gasteiger partial charge in [-0.2, -0.15) is 0 Å². The standard InChI is InChI=1S/C9H16N4OS/c1-7-6-13(9(15)11-7)5-4-10-8(14)12(2)3/h6H,4-5H2,1-3H3,(H,10,14)(H,11,15). The summed E-state index contributed by atoms with van der Waals surface area (Å²) >= 11 is 5.09. The lowest BCUT2D eigenvalue weighted by Gasteiger charge is -2.11. The smallest absolute Gasteiger partial charge is 0.316 e. The van der Waals surface area contributed by atoms with E-state index in [0.717, 1.165) is 5.69 Å². The van der Waals surface area contributed by atoms with Crippen LogP contribution < -0.4 is 5.32 Å². The molecule has 0 saturated heterocycles. The van der Waals surface area contributed by atoms with E-state index in [4.69, 9.17) is 12.2 Å². The lowest BCUT2D eigenvalue weighted by Crippen LogP contribution is -2.36. The van der Waals surface area contributed by atoms with Crippen LogP contribution in [-0.2, 0) is 6.54 Å². The van der Waals surface area contributed by atoms with Crippen molar-refractivity contribution in [1.29, 1.82) is 0 Å². The van der Waals surface area contributed by atoms with E-state index in [1.165, 1.54) is 4.90 Å². The molecule has 2 N–H and O–H groups in total. The number of imidazole rings is 1. The first kappa shape index (κ1) is 11.8. The van der Waals surface area contributed by atoms with Gasteiger partial charge in [-0.25, -0.2) is 4.79 Å². The van der Waals surface area contributed by atoms with Crippen molar-refractivity contribution in [3.63, 3.8) is 0 Å². The van der Waals surface area contributed by atoms with E-state index in [2.05, 4.69) is 10.3 Å². The van der Waals surface area contributed by atoms with Gasteiger partial charge in [0, 0.05) is 39.1 Å². The molecule has 0 atom stereocenters. The van der Waals surface area contributed by atoms with Crippen LogP contribution in [0.15, 0.2) is 6.20 Å². The Morgan fingerprint density at radius 3 is 2.80 bits per heavy atom. The molecule has 0 radical (unpaired) electrons. The maximum atomic E-state index is 11.2. The molecule has 0 aliphatic carbocycles. The van der Waals surface area contributed by atoms with Crippen molar-refractivity contribution < 1.29 is 4.79 Å². The second kappa shape index (κ2) is 4.97. The summed E-state index contributed by atoms with van der Waals surface area (Å²) in [5.74, 6) is 0. The van der Waals surface area contributed by atoms with Crippen molar-refractivity contribution in [3.8, 4) is 0 Å². The highest BCUT2D eigenvalue weighted by Crippen LogP contribution is 1.96. The highest BCUT2D eigenvalue weighted by Gasteiger charge is 2.02. The van der Waals surface area contributed by atoms with Crippen molar-refractivity contribution >= 4 is 18.2 Å². The van der Waals surface area contributed by atoms with Crippen LogP contribution >= 0.6 is 12.2 Å². The van der Waals surface area contributed by atoms with Gasteiger partial charge < -0.3 is 19.8 Å². The van der Waals surface area contributed by atoms with E-state index in [9.17, 15) is 4.79 Å². The van der Waals surface area contributed by atoms with Gasteiger partial charge in [-0.3, -0.25) is 0 Å². The molecule has 1 heterocycles. The zero-order valence-corrected chi connectivity index (χ0v) is 10.0. The van der Waals surface area contributed by atoms with Crippen LogP contribution in [0.3, 0.4) is 0 Å². The Hall–Kier alpha value is -1.30. The lowest BCUT2D eigenvalue weighted by atomic mass is 10.5. The van der Waals surface area contributed by atoms with E-state index in [-0.39, 0.29) is 6.03 Å². The number of carbonyl (C=O) groups is 1. The molecular formula is C9H16N4OS. The number of hydrogen-bond acceptors (Lipinski definition) is 2. The maximum absolute atomic E-state index is 11.2. The van der Waals surface area contributed by atoms with Crippen molar-refractivity contribution in [1.82, 2.24) is 19.8 Å². The molecule has 5 nitrogen and oxygen atoms in total. The van der Waals surface area contributed by atoms with Crippen LogP contribution in [0.25, 0.3) is 0 Å². The monoisotopic (exact) mass is 228 g/mol. The van der Waals surface area contributed by atoms with Gasteiger partial charge in [-0.15, -0.1) is 0 Å². The normalized spacial score (nSPS) is 10.1. The fraction of sp³-hybridized carbons (Fsp3) is 0.556. The summed E-state index contributed by atoms with van der Waals surface area (Å²) in [5, 5.41) is 2.77. The summed E-state index contributed by atoms with van der Waals surface area (Å²) in [6.45, 7) is 3.20. The molecule has 1 rings (SSSR count). The molecule has 0 bridgehead atoms. The number of nitrogens with zero attached hydrogens (tertiary/aromatic N) is 2. The summed E-state index contributed by atoms with van der Waals surface area (Å²) in [5.41, 5.74) is 1.03. The molecule has 15 heavy (non-hydrogen) atoms. The van der Waals surface area contributed by atoms with Crippen molar-refractivity contribution in [2.75, 3.05) is 20.6 Å². The minimum atomic E-state index is -0.0891. The van der Waals surface area contributed by atoms with Crippen molar-refractivity contribution in [2.24, 2.45) is 0 Å². The predicted octanol–water partition coefficient (Wildman–Crippen LogP) is 1.13. The Kier molecular flexibility index (Phi) is 3.90. The Bertz CT molecular complexity index is 393. The summed E-state index contributed by atoms with van der Waals surface area (Å²) in [6, 6.07) is -0.0891. The van der Waals surface area contributed by atoms with Gasteiger partial charge in [-0.1, -0.05) is 0 Å². The van der Waals surface area contributed by atoms with E-state index in [1.54, 1.807) is 14.1 Å². The first-order valence-corrected chi connectivity index (χ1v) is 5.12. The van der Waals surface area contributed by atoms with Gasteiger partial charge in [0.2, 0.25) is 0 Å². The molecule has 1 aromatic heterocycles. The van der Waals surface area contributed by atoms with Gasteiger partial charge in [0.25, 0.3) is 0 Å². The quantitative estimate of drug-likeness (QED) is 0.762. The second-order valence-corrected chi connectivity index (χ2v) is 3.95.